The van der Waals surface area contributed by atoms with Crippen LogP contribution in [0, 0.1) is 13.8 Å². The Morgan fingerprint density at radius 3 is 2.26 bits per heavy atom. The maximum absolute atomic E-state index is 12.6. The molecule has 1 aromatic heterocycles. The smallest absolute Gasteiger partial charge is 0.251 e. The lowest BCUT2D eigenvalue weighted by Crippen LogP contribution is -2.25. The lowest BCUT2D eigenvalue weighted by molar-refractivity contribution is 0.0952. The standard InChI is InChI=1S/C31H45N3O/c1-4-5-6-7-8-9-10-11-12-15-23-34-29-18-14-13-17-28(29)33-30(34)19-16-22-32-31(35)27-21-20-25(2)24-26(27)3/h13-14,17-18,20-21,24H,4-12,15-16,19,22-23H2,1-3H3,(H,32,35). The van der Waals surface area contributed by atoms with Crippen molar-refractivity contribution in [3.05, 3.63) is 65.0 Å². The molecule has 0 aliphatic carbocycles. The van der Waals surface area contributed by atoms with Crippen molar-refractivity contribution in [1.29, 1.82) is 0 Å². The molecule has 0 aliphatic heterocycles. The van der Waals surface area contributed by atoms with Crippen molar-refractivity contribution >= 4 is 16.9 Å². The lowest BCUT2D eigenvalue weighted by Gasteiger charge is -2.11. The first-order valence-corrected chi connectivity index (χ1v) is 13.9. The zero-order valence-electron chi connectivity index (χ0n) is 22.2. The molecule has 0 saturated carbocycles. The van der Waals surface area contributed by atoms with Gasteiger partial charge >= 0.3 is 0 Å². The Labute approximate surface area is 212 Å². The Kier molecular flexibility index (Phi) is 11.3. The average Bonchev–Trinajstić information content (AvgIpc) is 3.20. The number of carbonyl (C=O) groups excluding carboxylic acids is 1. The van der Waals surface area contributed by atoms with E-state index in [0.717, 1.165) is 41.9 Å². The van der Waals surface area contributed by atoms with Crippen LogP contribution in [-0.4, -0.2) is 22.0 Å². The number of amides is 1. The molecule has 190 valence electrons. The van der Waals surface area contributed by atoms with Gasteiger partial charge < -0.3 is 9.88 Å². The molecule has 0 bridgehead atoms. The van der Waals surface area contributed by atoms with E-state index < -0.39 is 0 Å². The first-order chi connectivity index (χ1) is 17.1. The monoisotopic (exact) mass is 475 g/mol. The third-order valence-corrected chi connectivity index (χ3v) is 6.96. The molecule has 0 fully saturated rings. The maximum Gasteiger partial charge on any atom is 0.251 e. The highest BCUT2D eigenvalue weighted by Gasteiger charge is 2.11. The molecular formula is C31H45N3O. The van der Waals surface area contributed by atoms with E-state index in [2.05, 4.69) is 54.1 Å². The number of nitrogens with zero attached hydrogens (tertiary/aromatic N) is 2. The largest absolute Gasteiger partial charge is 0.352 e. The van der Waals surface area contributed by atoms with Gasteiger partial charge in [0.1, 0.15) is 5.82 Å². The number of carbonyl (C=O) groups is 1. The van der Waals surface area contributed by atoms with Crippen LogP contribution in [0.2, 0.25) is 0 Å². The molecule has 0 radical (unpaired) electrons. The van der Waals surface area contributed by atoms with Gasteiger partial charge in [-0.1, -0.05) is 94.5 Å². The summed E-state index contributed by atoms with van der Waals surface area (Å²) < 4.78 is 2.41. The predicted molar refractivity (Wildman–Crippen MR) is 148 cm³/mol. The lowest BCUT2D eigenvalue weighted by atomic mass is 10.1. The topological polar surface area (TPSA) is 46.9 Å². The maximum atomic E-state index is 12.6. The first-order valence-electron chi connectivity index (χ1n) is 13.9. The Balaban J connectivity index is 1.44. The fourth-order valence-electron chi connectivity index (χ4n) is 4.94. The van der Waals surface area contributed by atoms with Crippen LogP contribution in [0.1, 0.15) is 105 Å². The Bertz CT molecular complexity index is 1050. The number of benzene rings is 2. The summed E-state index contributed by atoms with van der Waals surface area (Å²) in [4.78, 5) is 17.5. The van der Waals surface area contributed by atoms with Gasteiger partial charge in [0.05, 0.1) is 11.0 Å². The van der Waals surface area contributed by atoms with Crippen molar-refractivity contribution in [3.63, 3.8) is 0 Å². The number of aromatic nitrogens is 2. The number of hydrogen-bond acceptors (Lipinski definition) is 2. The minimum atomic E-state index is 0.0152. The summed E-state index contributed by atoms with van der Waals surface area (Å²) in [6.45, 7) is 8.02. The van der Waals surface area contributed by atoms with Gasteiger partial charge in [0.25, 0.3) is 5.91 Å². The number of imidazole rings is 1. The number of hydrogen-bond donors (Lipinski definition) is 1. The average molecular weight is 476 g/mol. The zero-order chi connectivity index (χ0) is 24.9. The molecule has 3 rings (SSSR count). The molecule has 3 aromatic rings. The minimum absolute atomic E-state index is 0.0152. The van der Waals surface area contributed by atoms with Crippen LogP contribution >= 0.6 is 0 Å². The van der Waals surface area contributed by atoms with E-state index in [9.17, 15) is 4.79 Å². The SMILES string of the molecule is CCCCCCCCCCCCn1c(CCCNC(=O)c2ccc(C)cc2C)nc2ccccc21. The highest BCUT2D eigenvalue weighted by molar-refractivity contribution is 5.95. The van der Waals surface area contributed by atoms with Crippen LogP contribution in [0.15, 0.2) is 42.5 Å². The first kappa shape index (κ1) is 27.0. The normalized spacial score (nSPS) is 11.3. The molecular weight excluding hydrogens is 430 g/mol. The Morgan fingerprint density at radius 2 is 1.54 bits per heavy atom. The summed E-state index contributed by atoms with van der Waals surface area (Å²) in [6.07, 6.45) is 15.3. The summed E-state index contributed by atoms with van der Waals surface area (Å²) in [6, 6.07) is 14.4. The van der Waals surface area contributed by atoms with Gasteiger partial charge in [0.15, 0.2) is 0 Å². The predicted octanol–water partition coefficient (Wildman–Crippen LogP) is 7.94. The molecule has 0 aliphatic rings. The fraction of sp³-hybridized carbons (Fsp3) is 0.548. The van der Waals surface area contributed by atoms with Gasteiger partial charge in [-0.15, -0.1) is 0 Å². The molecule has 1 N–H and O–H groups in total. The summed E-state index contributed by atoms with van der Waals surface area (Å²) in [5, 5.41) is 3.09. The molecule has 0 spiro atoms. The third kappa shape index (κ3) is 8.52. The van der Waals surface area contributed by atoms with Crippen molar-refractivity contribution in [3.8, 4) is 0 Å². The van der Waals surface area contributed by atoms with E-state index in [0.29, 0.717) is 6.54 Å². The van der Waals surface area contributed by atoms with Gasteiger partial charge in [-0.2, -0.15) is 0 Å². The highest BCUT2D eigenvalue weighted by Crippen LogP contribution is 2.19. The molecule has 1 heterocycles. The molecule has 2 aromatic carbocycles. The highest BCUT2D eigenvalue weighted by atomic mass is 16.1. The summed E-state index contributed by atoms with van der Waals surface area (Å²) in [5.74, 6) is 1.16. The van der Waals surface area contributed by atoms with Gasteiger partial charge in [-0.3, -0.25) is 4.79 Å². The van der Waals surface area contributed by atoms with Crippen LogP contribution in [-0.2, 0) is 13.0 Å². The van der Waals surface area contributed by atoms with Crippen LogP contribution in [0.3, 0.4) is 0 Å². The van der Waals surface area contributed by atoms with Crippen molar-refractivity contribution in [2.24, 2.45) is 0 Å². The number of aryl methyl sites for hydroxylation is 4. The van der Waals surface area contributed by atoms with Crippen LogP contribution in [0.25, 0.3) is 11.0 Å². The molecule has 0 unspecified atom stereocenters. The van der Waals surface area contributed by atoms with Gasteiger partial charge in [-0.25, -0.2) is 4.98 Å². The Hall–Kier alpha value is -2.62. The van der Waals surface area contributed by atoms with Crippen molar-refractivity contribution < 1.29 is 4.79 Å². The molecule has 4 nitrogen and oxygen atoms in total. The third-order valence-electron chi connectivity index (χ3n) is 6.96. The summed E-state index contributed by atoms with van der Waals surface area (Å²) >= 11 is 0. The van der Waals surface area contributed by atoms with Gasteiger partial charge in [-0.05, 0) is 50.5 Å². The van der Waals surface area contributed by atoms with Gasteiger partial charge in [0.2, 0.25) is 0 Å². The van der Waals surface area contributed by atoms with Crippen molar-refractivity contribution in [2.45, 2.75) is 104 Å². The Morgan fingerprint density at radius 1 is 0.857 bits per heavy atom. The van der Waals surface area contributed by atoms with Crippen LogP contribution < -0.4 is 5.32 Å². The molecule has 35 heavy (non-hydrogen) atoms. The van der Waals surface area contributed by atoms with E-state index in [1.54, 1.807) is 0 Å². The quantitative estimate of drug-likeness (QED) is 0.214. The van der Waals surface area contributed by atoms with E-state index in [-0.39, 0.29) is 5.91 Å². The molecule has 0 saturated heterocycles. The number of para-hydroxylation sites is 2. The van der Waals surface area contributed by atoms with Crippen LogP contribution in [0.4, 0.5) is 0 Å². The number of fused-ring (bicyclic) bond motifs is 1. The van der Waals surface area contributed by atoms with Crippen LogP contribution in [0.5, 0.6) is 0 Å². The molecule has 4 heteroatoms. The number of rotatable bonds is 16. The fourth-order valence-corrected chi connectivity index (χ4v) is 4.94. The van der Waals surface area contributed by atoms with Crippen molar-refractivity contribution in [1.82, 2.24) is 14.9 Å². The zero-order valence-corrected chi connectivity index (χ0v) is 22.2. The summed E-state index contributed by atoms with van der Waals surface area (Å²) in [7, 11) is 0. The molecule has 0 atom stereocenters. The van der Waals surface area contributed by atoms with Gasteiger partial charge in [0, 0.05) is 25.1 Å². The summed E-state index contributed by atoms with van der Waals surface area (Å²) in [5.41, 5.74) is 5.29. The molecule has 1 amide bonds. The van der Waals surface area contributed by atoms with E-state index in [1.165, 1.54) is 75.3 Å². The van der Waals surface area contributed by atoms with E-state index >= 15 is 0 Å². The number of nitrogens with one attached hydrogen (secondary N) is 1. The second-order valence-electron chi connectivity index (χ2n) is 10.0. The minimum Gasteiger partial charge on any atom is -0.352 e. The number of unbranched alkanes of at least 4 members (excludes halogenated alkanes) is 9. The van der Waals surface area contributed by atoms with E-state index in [4.69, 9.17) is 4.98 Å². The van der Waals surface area contributed by atoms with E-state index in [1.807, 2.05) is 19.1 Å². The second kappa shape index (κ2) is 14.7. The van der Waals surface area contributed by atoms with Crippen molar-refractivity contribution in [2.75, 3.05) is 6.54 Å². The second-order valence-corrected chi connectivity index (χ2v) is 10.0.